The summed E-state index contributed by atoms with van der Waals surface area (Å²) in [7, 11) is -2.04. The summed E-state index contributed by atoms with van der Waals surface area (Å²) in [5, 5.41) is 2.95. The summed E-state index contributed by atoms with van der Waals surface area (Å²) in [5.74, 6) is 0.526. The molecule has 0 atom stereocenters. The van der Waals surface area contributed by atoms with Gasteiger partial charge in [-0.3, -0.25) is 9.59 Å². The Labute approximate surface area is 194 Å². The predicted octanol–water partition coefficient (Wildman–Crippen LogP) is 2.54. The van der Waals surface area contributed by atoms with Crippen LogP contribution < -0.4 is 15.0 Å². The van der Waals surface area contributed by atoms with Gasteiger partial charge in [0.15, 0.2) is 0 Å². The Bertz CT molecular complexity index is 1110. The van der Waals surface area contributed by atoms with Crippen LogP contribution in [0, 0.1) is 5.92 Å². The lowest BCUT2D eigenvalue weighted by molar-refractivity contribution is -0.126. The number of methoxy groups -OCH3 is 1. The fraction of sp³-hybridized carbons (Fsp3) is 0.417. The molecule has 176 valence electrons. The van der Waals surface area contributed by atoms with Crippen LogP contribution in [0.5, 0.6) is 5.75 Å². The third-order valence-corrected chi connectivity index (χ3v) is 8.20. The topological polar surface area (TPSA) is 96.0 Å². The maximum absolute atomic E-state index is 13.1. The number of hydrogen-bond donors (Lipinski definition) is 1. The normalized spacial score (nSPS) is 17.8. The van der Waals surface area contributed by atoms with E-state index in [2.05, 4.69) is 5.32 Å². The maximum atomic E-state index is 13.1. The van der Waals surface area contributed by atoms with E-state index in [9.17, 15) is 18.0 Å². The zero-order valence-corrected chi connectivity index (χ0v) is 19.5. The van der Waals surface area contributed by atoms with Crippen molar-refractivity contribution in [3.63, 3.8) is 0 Å². The van der Waals surface area contributed by atoms with Crippen LogP contribution >= 0.6 is 0 Å². The molecule has 2 heterocycles. The minimum atomic E-state index is -3.64. The summed E-state index contributed by atoms with van der Waals surface area (Å²) in [6.07, 6.45) is 2.30. The zero-order valence-electron chi connectivity index (χ0n) is 18.7. The van der Waals surface area contributed by atoms with E-state index in [0.717, 1.165) is 23.4 Å². The second-order valence-electron chi connectivity index (χ2n) is 8.39. The third kappa shape index (κ3) is 5.20. The molecule has 2 aliphatic heterocycles. The van der Waals surface area contributed by atoms with E-state index < -0.39 is 10.0 Å². The second-order valence-corrected chi connectivity index (χ2v) is 10.3. The Morgan fingerprint density at radius 3 is 2.45 bits per heavy atom. The molecule has 2 aromatic rings. The number of carbonyl (C=O) groups is 2. The first kappa shape index (κ1) is 23.3. The molecule has 2 amide bonds. The molecule has 8 nitrogen and oxygen atoms in total. The Hall–Kier alpha value is -2.91. The largest absolute Gasteiger partial charge is 0.497 e. The van der Waals surface area contributed by atoms with E-state index in [0.29, 0.717) is 45.4 Å². The van der Waals surface area contributed by atoms with Crippen molar-refractivity contribution in [1.82, 2.24) is 9.62 Å². The van der Waals surface area contributed by atoms with Crippen LogP contribution in [0.15, 0.2) is 53.4 Å². The summed E-state index contributed by atoms with van der Waals surface area (Å²) >= 11 is 0. The number of nitrogens with zero attached hydrogens (tertiary/aromatic N) is 2. The van der Waals surface area contributed by atoms with Gasteiger partial charge in [0.25, 0.3) is 0 Å². The van der Waals surface area contributed by atoms with Gasteiger partial charge in [0.1, 0.15) is 5.75 Å². The number of anilines is 1. The number of carbonyl (C=O) groups excluding carboxylic acids is 2. The van der Waals surface area contributed by atoms with E-state index in [-0.39, 0.29) is 22.6 Å². The average molecular weight is 472 g/mol. The smallest absolute Gasteiger partial charge is 0.243 e. The lowest BCUT2D eigenvalue weighted by Crippen LogP contribution is -2.42. The fourth-order valence-corrected chi connectivity index (χ4v) is 5.81. The van der Waals surface area contributed by atoms with Crippen molar-refractivity contribution < 1.29 is 22.7 Å². The quantitative estimate of drug-likeness (QED) is 0.670. The van der Waals surface area contributed by atoms with Gasteiger partial charge in [-0.2, -0.15) is 4.31 Å². The maximum Gasteiger partial charge on any atom is 0.243 e. The molecular formula is C24H29N3O5S. The molecule has 2 fully saturated rings. The number of rotatable bonds is 7. The Morgan fingerprint density at radius 2 is 1.82 bits per heavy atom. The van der Waals surface area contributed by atoms with Crippen molar-refractivity contribution >= 4 is 27.5 Å². The van der Waals surface area contributed by atoms with Crippen molar-refractivity contribution in [2.75, 3.05) is 31.6 Å². The highest BCUT2D eigenvalue weighted by atomic mass is 32.2. The van der Waals surface area contributed by atoms with Crippen molar-refractivity contribution in [2.24, 2.45) is 5.92 Å². The molecular weight excluding hydrogens is 442 g/mol. The van der Waals surface area contributed by atoms with E-state index in [1.165, 1.54) is 4.31 Å². The first-order valence-corrected chi connectivity index (χ1v) is 12.6. The number of nitrogens with one attached hydrogen (secondary N) is 1. The van der Waals surface area contributed by atoms with Gasteiger partial charge in [0.05, 0.1) is 12.0 Å². The minimum absolute atomic E-state index is 0.0606. The number of benzene rings is 2. The lowest BCUT2D eigenvalue weighted by atomic mass is 9.97. The number of hydrogen-bond acceptors (Lipinski definition) is 5. The molecule has 0 radical (unpaired) electrons. The number of ether oxygens (including phenoxy) is 1. The van der Waals surface area contributed by atoms with Crippen LogP contribution in [0.2, 0.25) is 0 Å². The van der Waals surface area contributed by atoms with E-state index in [1.807, 2.05) is 24.3 Å². The highest BCUT2D eigenvalue weighted by Gasteiger charge is 2.32. The van der Waals surface area contributed by atoms with Gasteiger partial charge in [0, 0.05) is 44.2 Å². The predicted molar refractivity (Wildman–Crippen MR) is 124 cm³/mol. The highest BCUT2D eigenvalue weighted by Crippen LogP contribution is 2.27. The molecule has 2 aromatic carbocycles. The van der Waals surface area contributed by atoms with E-state index >= 15 is 0 Å². The summed E-state index contributed by atoms with van der Waals surface area (Å²) in [6, 6.07) is 14.0. The van der Waals surface area contributed by atoms with Crippen LogP contribution in [0.25, 0.3) is 0 Å². The first-order chi connectivity index (χ1) is 15.9. The molecule has 9 heteroatoms. The highest BCUT2D eigenvalue weighted by molar-refractivity contribution is 7.89. The zero-order chi connectivity index (χ0) is 23.4. The van der Waals surface area contributed by atoms with Crippen molar-refractivity contribution in [3.8, 4) is 5.75 Å². The number of sulfonamides is 1. The molecule has 0 unspecified atom stereocenters. The van der Waals surface area contributed by atoms with Gasteiger partial charge in [-0.25, -0.2) is 8.42 Å². The van der Waals surface area contributed by atoms with Crippen LogP contribution in [-0.4, -0.2) is 51.3 Å². The summed E-state index contributed by atoms with van der Waals surface area (Å²) in [4.78, 5) is 26.4. The van der Waals surface area contributed by atoms with Crippen LogP contribution in [0.4, 0.5) is 5.69 Å². The fourth-order valence-electron chi connectivity index (χ4n) is 4.34. The summed E-state index contributed by atoms with van der Waals surface area (Å²) in [5.41, 5.74) is 1.67. The minimum Gasteiger partial charge on any atom is -0.497 e. The Morgan fingerprint density at radius 1 is 1.09 bits per heavy atom. The van der Waals surface area contributed by atoms with Crippen LogP contribution in [0.1, 0.15) is 31.2 Å². The molecule has 0 aromatic heterocycles. The van der Waals surface area contributed by atoms with Gasteiger partial charge < -0.3 is 15.0 Å². The monoisotopic (exact) mass is 471 g/mol. The van der Waals surface area contributed by atoms with E-state index in [1.54, 1.807) is 36.3 Å². The van der Waals surface area contributed by atoms with Crippen LogP contribution in [-0.2, 0) is 26.2 Å². The van der Waals surface area contributed by atoms with E-state index in [4.69, 9.17) is 4.74 Å². The summed E-state index contributed by atoms with van der Waals surface area (Å²) < 4.78 is 32.8. The average Bonchev–Trinajstić information content (AvgIpc) is 3.28. The second kappa shape index (κ2) is 9.93. The molecule has 0 spiro atoms. The van der Waals surface area contributed by atoms with Crippen molar-refractivity contribution in [2.45, 2.75) is 37.1 Å². The SMILES string of the molecule is COc1cccc(CNC(=O)C2CCN(S(=O)(=O)c3ccc(N4CCCC4=O)cc3)CC2)c1. The molecule has 33 heavy (non-hydrogen) atoms. The van der Waals surface area contributed by atoms with Crippen molar-refractivity contribution in [1.29, 1.82) is 0 Å². The molecule has 2 saturated heterocycles. The van der Waals surface area contributed by atoms with Gasteiger partial charge in [-0.05, 0) is 61.2 Å². The van der Waals surface area contributed by atoms with Crippen LogP contribution in [0.3, 0.4) is 0 Å². The third-order valence-electron chi connectivity index (χ3n) is 6.29. The molecule has 0 saturated carbocycles. The Kier molecular flexibility index (Phi) is 6.99. The molecule has 2 aliphatic rings. The van der Waals surface area contributed by atoms with Crippen molar-refractivity contribution in [3.05, 3.63) is 54.1 Å². The molecule has 0 bridgehead atoms. The molecule has 4 rings (SSSR count). The number of amides is 2. The lowest BCUT2D eigenvalue weighted by Gasteiger charge is -2.30. The van der Waals surface area contributed by atoms with Gasteiger partial charge in [-0.15, -0.1) is 0 Å². The Balaban J connectivity index is 1.31. The molecule has 1 N–H and O–H groups in total. The van der Waals surface area contributed by atoms with Gasteiger partial charge in [0.2, 0.25) is 21.8 Å². The first-order valence-electron chi connectivity index (χ1n) is 11.2. The van der Waals surface area contributed by atoms with Gasteiger partial charge >= 0.3 is 0 Å². The van der Waals surface area contributed by atoms with Gasteiger partial charge in [-0.1, -0.05) is 12.1 Å². The number of piperidine rings is 1. The summed E-state index contributed by atoms with van der Waals surface area (Å²) in [6.45, 7) is 1.66. The standard InChI is InChI=1S/C24H29N3O5S/c1-32-21-5-2-4-18(16-21)17-25-24(29)19-11-14-26(15-12-19)33(30,31)22-9-7-20(8-10-22)27-13-3-6-23(27)28/h2,4-5,7-10,16,19H,3,6,11-15,17H2,1H3,(H,25,29). The molecule has 0 aliphatic carbocycles.